The Balaban J connectivity index is 1.64. The molecule has 0 aliphatic carbocycles. The predicted octanol–water partition coefficient (Wildman–Crippen LogP) is 8.20. The normalized spacial score (nSPS) is 11.7. The van der Waals surface area contributed by atoms with Crippen molar-refractivity contribution in [3.8, 4) is 0 Å². The van der Waals surface area contributed by atoms with Crippen LogP contribution in [0.3, 0.4) is 0 Å². The number of hydrogen-bond acceptors (Lipinski definition) is 2. The molecule has 0 saturated heterocycles. The molecule has 0 heterocycles. The van der Waals surface area contributed by atoms with Crippen molar-refractivity contribution in [1.82, 2.24) is 0 Å². The fourth-order valence-electron chi connectivity index (χ4n) is 4.78. The van der Waals surface area contributed by atoms with E-state index in [-0.39, 0.29) is 0 Å². The second-order valence-electron chi connectivity index (χ2n) is 9.27. The van der Waals surface area contributed by atoms with Crippen LogP contribution in [0, 0.1) is 0 Å². The first-order valence-corrected chi connectivity index (χ1v) is 15.5. The van der Waals surface area contributed by atoms with E-state index in [9.17, 15) is 0 Å². The fourth-order valence-corrected chi connectivity index (χ4v) is 9.26. The molecule has 2 nitrogen and oxygen atoms in total. The molecule has 5 aromatic carbocycles. The lowest BCUT2D eigenvalue weighted by molar-refractivity contribution is 1.22. The minimum Gasteiger partial charge on any atom is -0.156 e. The molecular weight excluding hydrogens is 538 g/mol. The third-order valence-electron chi connectivity index (χ3n) is 6.61. The first-order chi connectivity index (χ1) is 19.1. The summed E-state index contributed by atoms with van der Waals surface area (Å²) in [5, 5.41) is 15.0. The Morgan fingerprint density at radius 1 is 0.513 bits per heavy atom. The maximum absolute atomic E-state index is 6.18. The highest BCUT2D eigenvalue weighted by Gasteiger charge is 2.45. The Bertz CT molecular complexity index is 1420. The molecule has 0 bridgehead atoms. The number of rotatable bonds is 8. The summed E-state index contributed by atoms with van der Waals surface area (Å²) in [5.41, 5.74) is 3.60. The molecule has 192 valence electrons. The van der Waals surface area contributed by atoms with E-state index < -0.39 is 7.26 Å². The number of benzene rings is 5. The van der Waals surface area contributed by atoms with Crippen molar-refractivity contribution in [3.63, 3.8) is 0 Å². The summed E-state index contributed by atoms with van der Waals surface area (Å²) in [6.07, 6.45) is 0.767. The van der Waals surface area contributed by atoms with Crippen LogP contribution in [0.15, 0.2) is 150 Å². The maximum Gasteiger partial charge on any atom is 0.117 e. The van der Waals surface area contributed by atoms with Gasteiger partial charge in [-0.1, -0.05) is 102 Å². The smallest absolute Gasteiger partial charge is 0.117 e. The van der Waals surface area contributed by atoms with Gasteiger partial charge in [-0.25, -0.2) is 0 Å². The van der Waals surface area contributed by atoms with Gasteiger partial charge in [0.15, 0.2) is 0 Å². The summed E-state index contributed by atoms with van der Waals surface area (Å²) in [5.74, 6) is 0. The molecule has 0 spiro atoms. The van der Waals surface area contributed by atoms with Gasteiger partial charge in [-0.2, -0.15) is 5.10 Å². The van der Waals surface area contributed by atoms with Crippen LogP contribution < -0.4 is 15.9 Å². The number of halogens is 2. The molecule has 0 radical (unpaired) electrons. The lowest BCUT2D eigenvalue weighted by Gasteiger charge is -2.27. The van der Waals surface area contributed by atoms with Crippen molar-refractivity contribution in [1.29, 1.82) is 0 Å². The van der Waals surface area contributed by atoms with Crippen LogP contribution >= 0.6 is 30.5 Å². The average Bonchev–Trinajstić information content (AvgIpc) is 2.99. The quantitative estimate of drug-likeness (QED) is 0.103. The van der Waals surface area contributed by atoms with Crippen molar-refractivity contribution >= 4 is 57.8 Å². The van der Waals surface area contributed by atoms with Gasteiger partial charge in [-0.15, -0.1) is 5.10 Å². The minimum atomic E-state index is -2.06. The second kappa shape index (κ2) is 12.5. The van der Waals surface area contributed by atoms with Crippen molar-refractivity contribution in [2.45, 2.75) is 6.92 Å². The van der Waals surface area contributed by atoms with E-state index in [0.29, 0.717) is 10.0 Å². The molecule has 0 aliphatic rings. The summed E-state index contributed by atoms with van der Waals surface area (Å²) in [6.45, 7) is 2.08. The molecule has 0 saturated carbocycles. The largest absolute Gasteiger partial charge is 0.156 e. The molecule has 5 rings (SSSR count). The van der Waals surface area contributed by atoms with Gasteiger partial charge < -0.3 is 0 Å². The van der Waals surface area contributed by atoms with Crippen molar-refractivity contribution < 1.29 is 0 Å². The van der Waals surface area contributed by atoms with Crippen LogP contribution in [0.25, 0.3) is 0 Å². The third kappa shape index (κ3) is 6.21. The topological polar surface area (TPSA) is 24.7 Å². The zero-order valence-corrected chi connectivity index (χ0v) is 24.0. The molecule has 0 aliphatic heterocycles. The van der Waals surface area contributed by atoms with Crippen LogP contribution in [0.5, 0.6) is 0 Å². The van der Waals surface area contributed by atoms with E-state index in [0.717, 1.165) is 28.7 Å². The van der Waals surface area contributed by atoms with Gasteiger partial charge in [0.2, 0.25) is 0 Å². The van der Waals surface area contributed by atoms with Crippen LogP contribution in [-0.4, -0.2) is 17.6 Å². The van der Waals surface area contributed by atoms with Gasteiger partial charge >= 0.3 is 0 Å². The predicted molar refractivity (Wildman–Crippen MR) is 172 cm³/mol. The van der Waals surface area contributed by atoms with E-state index >= 15 is 0 Å². The van der Waals surface area contributed by atoms with Gasteiger partial charge in [0.1, 0.15) is 35.0 Å². The van der Waals surface area contributed by atoms with Crippen LogP contribution in [-0.2, 0) is 0 Å². The van der Waals surface area contributed by atoms with Crippen molar-refractivity contribution in [2.75, 3.05) is 6.16 Å². The Hall–Kier alpha value is -3.55. The molecule has 39 heavy (non-hydrogen) atoms. The average molecular weight is 566 g/mol. The first kappa shape index (κ1) is 27.0. The maximum atomic E-state index is 6.18. The molecule has 5 aromatic rings. The molecule has 5 heteroatoms. The fraction of sp³-hybridized carbons (Fsp3) is 0.0588. The first-order valence-electron chi connectivity index (χ1n) is 12.7. The summed E-state index contributed by atoms with van der Waals surface area (Å²) >= 11 is 12.4. The van der Waals surface area contributed by atoms with Crippen LogP contribution in [0.2, 0.25) is 10.0 Å². The minimum absolute atomic E-state index is 0.678. The molecule has 0 aromatic heterocycles. The summed E-state index contributed by atoms with van der Waals surface area (Å²) < 4.78 is 0. The van der Waals surface area contributed by atoms with Gasteiger partial charge in [-0.05, 0) is 67.6 Å². The Labute approximate surface area is 241 Å². The molecule has 0 fully saturated rings. The number of hydrogen-bond donors (Lipinski definition) is 0. The zero-order chi connectivity index (χ0) is 27.1. The monoisotopic (exact) mass is 565 g/mol. The number of nitrogens with zero attached hydrogens (tertiary/aromatic N) is 2. The zero-order valence-electron chi connectivity index (χ0n) is 21.6. The van der Waals surface area contributed by atoms with Gasteiger partial charge in [0, 0.05) is 21.2 Å². The Morgan fingerprint density at radius 3 is 1.23 bits per heavy atom. The SMILES string of the molecule is C/C(C[P+](c1ccccc1)(c1ccccc1)c1ccccc1)=N\N=C(c1ccc(Cl)cc1)c1ccc(Cl)cc1. The Kier molecular flexibility index (Phi) is 8.69. The lowest BCUT2D eigenvalue weighted by Crippen LogP contribution is -2.35. The molecule has 0 N–H and O–H groups in total. The summed E-state index contributed by atoms with van der Waals surface area (Å²) in [6, 6.07) is 47.8. The van der Waals surface area contributed by atoms with E-state index in [1.54, 1.807) is 0 Å². The summed E-state index contributed by atoms with van der Waals surface area (Å²) in [7, 11) is -2.06. The van der Waals surface area contributed by atoms with Gasteiger partial charge in [0.05, 0.1) is 5.71 Å². The van der Waals surface area contributed by atoms with Crippen molar-refractivity contribution in [2.24, 2.45) is 10.2 Å². The summed E-state index contributed by atoms with van der Waals surface area (Å²) in [4.78, 5) is 0. The van der Waals surface area contributed by atoms with Crippen LogP contribution in [0.1, 0.15) is 18.1 Å². The Morgan fingerprint density at radius 2 is 0.872 bits per heavy atom. The molecule has 0 atom stereocenters. The van der Waals surface area contributed by atoms with E-state index in [4.69, 9.17) is 33.4 Å². The standard InChI is InChI=1S/C34H28Cl2N2P/c1-26(37-38-34(27-17-21-29(35)22-18-27)28-19-23-30(36)24-20-28)25-39(31-11-5-2-6-12-31,32-13-7-3-8-14-32)33-15-9-4-10-16-33/h2-24H,25H2,1H3/q+1/b37-26+. The van der Waals surface area contributed by atoms with Crippen LogP contribution in [0.4, 0.5) is 0 Å². The highest BCUT2D eigenvalue weighted by Crippen LogP contribution is 2.55. The highest BCUT2D eigenvalue weighted by atomic mass is 35.5. The van der Waals surface area contributed by atoms with Gasteiger partial charge in [-0.3, -0.25) is 0 Å². The lowest BCUT2D eigenvalue weighted by atomic mass is 10.0. The molecule has 0 amide bonds. The van der Waals surface area contributed by atoms with Crippen molar-refractivity contribution in [3.05, 3.63) is 161 Å². The molecule has 0 unspecified atom stereocenters. The second-order valence-corrected chi connectivity index (χ2v) is 13.6. The van der Waals surface area contributed by atoms with Gasteiger partial charge in [0.25, 0.3) is 0 Å². The van der Waals surface area contributed by atoms with E-state index in [1.165, 1.54) is 15.9 Å². The van der Waals surface area contributed by atoms with E-state index in [2.05, 4.69) is 97.9 Å². The van der Waals surface area contributed by atoms with E-state index in [1.807, 2.05) is 48.5 Å². The third-order valence-corrected chi connectivity index (χ3v) is 11.6. The molecular formula is C34H28Cl2N2P+. The highest BCUT2D eigenvalue weighted by molar-refractivity contribution is 7.96.